The molecule has 0 heterocycles. The minimum atomic E-state index is 0.507. The first-order chi connectivity index (χ1) is 9.74. The van der Waals surface area contributed by atoms with Crippen molar-refractivity contribution in [1.82, 2.24) is 0 Å². The second-order valence-corrected chi connectivity index (χ2v) is 6.47. The molecule has 1 unspecified atom stereocenters. The van der Waals surface area contributed by atoms with Crippen LogP contribution in [-0.2, 0) is 12.8 Å². The molecule has 0 aliphatic heterocycles. The zero-order valence-corrected chi connectivity index (χ0v) is 13.7. The Morgan fingerprint density at radius 1 is 1.15 bits per heavy atom. The van der Waals surface area contributed by atoms with Gasteiger partial charge in [0.05, 0.1) is 7.11 Å². The predicted octanol–water partition coefficient (Wildman–Crippen LogP) is 4.27. The molecule has 1 N–H and O–H groups in total. The molecule has 0 bridgehead atoms. The number of fused-ring (bicyclic) bond motifs is 1. The highest BCUT2D eigenvalue weighted by atomic mass is 127. The Morgan fingerprint density at radius 2 is 2.05 bits per heavy atom. The number of ether oxygens (including phenoxy) is 1. The molecule has 0 spiro atoms. The third kappa shape index (κ3) is 3.08. The van der Waals surface area contributed by atoms with Gasteiger partial charge in [0, 0.05) is 15.3 Å². The molecule has 1 aliphatic carbocycles. The molecule has 1 atom stereocenters. The lowest BCUT2D eigenvalue weighted by molar-refractivity contribution is 0.413. The normalized spacial score (nSPS) is 17.4. The molecule has 0 amide bonds. The maximum absolute atomic E-state index is 5.33. The van der Waals surface area contributed by atoms with E-state index in [0.29, 0.717) is 6.04 Å². The molecule has 0 fully saturated rings. The molecule has 3 rings (SSSR count). The summed E-state index contributed by atoms with van der Waals surface area (Å²) in [4.78, 5) is 0. The molecule has 1 aliphatic rings. The van der Waals surface area contributed by atoms with Crippen LogP contribution in [0.2, 0.25) is 0 Å². The van der Waals surface area contributed by atoms with Gasteiger partial charge < -0.3 is 10.1 Å². The summed E-state index contributed by atoms with van der Waals surface area (Å²) in [5, 5.41) is 3.65. The summed E-state index contributed by atoms with van der Waals surface area (Å²) in [5.41, 5.74) is 4.10. The summed E-state index contributed by atoms with van der Waals surface area (Å²) in [5.74, 6) is 0.957. The first-order valence-corrected chi connectivity index (χ1v) is 8.00. The van der Waals surface area contributed by atoms with Gasteiger partial charge in [0.25, 0.3) is 0 Å². The van der Waals surface area contributed by atoms with Crippen molar-refractivity contribution in [2.45, 2.75) is 25.3 Å². The maximum Gasteiger partial charge on any atom is 0.119 e. The number of aryl methyl sites for hydroxylation is 1. The Kier molecular flexibility index (Phi) is 4.15. The zero-order valence-electron chi connectivity index (χ0n) is 11.5. The monoisotopic (exact) mass is 379 g/mol. The lowest BCUT2D eigenvalue weighted by Gasteiger charge is -2.26. The second-order valence-electron chi connectivity index (χ2n) is 5.23. The Balaban J connectivity index is 1.74. The van der Waals surface area contributed by atoms with Crippen molar-refractivity contribution < 1.29 is 4.74 Å². The van der Waals surface area contributed by atoms with Gasteiger partial charge in [-0.1, -0.05) is 12.1 Å². The van der Waals surface area contributed by atoms with Crippen LogP contribution >= 0.6 is 22.6 Å². The average Bonchev–Trinajstić information content (AvgIpc) is 2.46. The van der Waals surface area contributed by atoms with Gasteiger partial charge in [0.15, 0.2) is 0 Å². The predicted molar refractivity (Wildman–Crippen MR) is 91.6 cm³/mol. The Labute approximate surface area is 133 Å². The van der Waals surface area contributed by atoms with Crippen molar-refractivity contribution in [1.29, 1.82) is 0 Å². The van der Waals surface area contributed by atoms with Crippen molar-refractivity contribution in [3.8, 4) is 5.75 Å². The molecule has 2 aromatic rings. The van der Waals surface area contributed by atoms with Crippen LogP contribution in [0.25, 0.3) is 0 Å². The largest absolute Gasteiger partial charge is 0.497 e. The number of nitrogens with one attached hydrogen (secondary N) is 1. The highest BCUT2D eigenvalue weighted by Crippen LogP contribution is 2.27. The lowest BCUT2D eigenvalue weighted by atomic mass is 9.88. The lowest BCUT2D eigenvalue weighted by Crippen LogP contribution is -2.27. The van der Waals surface area contributed by atoms with Crippen LogP contribution in [0.15, 0.2) is 42.5 Å². The Hall–Kier alpha value is -1.23. The van der Waals surface area contributed by atoms with Crippen molar-refractivity contribution in [2.75, 3.05) is 12.4 Å². The molecule has 20 heavy (non-hydrogen) atoms. The fourth-order valence-electron chi connectivity index (χ4n) is 2.80. The smallest absolute Gasteiger partial charge is 0.119 e. The average molecular weight is 379 g/mol. The summed E-state index contributed by atoms with van der Waals surface area (Å²) < 4.78 is 6.60. The van der Waals surface area contributed by atoms with E-state index in [1.165, 1.54) is 26.8 Å². The van der Waals surface area contributed by atoms with Gasteiger partial charge in [-0.25, -0.2) is 0 Å². The van der Waals surface area contributed by atoms with Gasteiger partial charge in [-0.15, -0.1) is 0 Å². The van der Waals surface area contributed by atoms with Crippen molar-refractivity contribution >= 4 is 28.3 Å². The van der Waals surface area contributed by atoms with E-state index in [2.05, 4.69) is 70.4 Å². The fourth-order valence-corrected chi connectivity index (χ4v) is 3.34. The summed E-state index contributed by atoms with van der Waals surface area (Å²) in [6, 6.07) is 15.5. The van der Waals surface area contributed by atoms with Gasteiger partial charge in [0.1, 0.15) is 5.75 Å². The van der Waals surface area contributed by atoms with Crippen LogP contribution in [0.3, 0.4) is 0 Å². The van der Waals surface area contributed by atoms with Crippen LogP contribution in [0.4, 0.5) is 5.69 Å². The molecule has 2 aromatic carbocycles. The molecule has 0 saturated heterocycles. The van der Waals surface area contributed by atoms with Crippen molar-refractivity contribution in [3.05, 3.63) is 57.2 Å². The van der Waals surface area contributed by atoms with E-state index in [4.69, 9.17) is 4.74 Å². The first kappa shape index (κ1) is 13.7. The number of hydrogen-bond acceptors (Lipinski definition) is 2. The van der Waals surface area contributed by atoms with E-state index in [9.17, 15) is 0 Å². The third-order valence-electron chi connectivity index (χ3n) is 3.84. The summed E-state index contributed by atoms with van der Waals surface area (Å²) >= 11 is 2.35. The standard InChI is InChI=1S/C17H18INO/c1-20-17-8-6-12-5-7-16(9-13(12)10-17)19-15-4-2-3-14(18)11-15/h2-4,6,8,10-11,16,19H,5,7,9H2,1H3. The number of rotatable bonds is 3. The summed E-state index contributed by atoms with van der Waals surface area (Å²) in [6.07, 6.45) is 3.39. The van der Waals surface area contributed by atoms with E-state index in [0.717, 1.165) is 18.6 Å². The molecule has 0 saturated carbocycles. The molecule has 3 heteroatoms. The second kappa shape index (κ2) is 6.04. The van der Waals surface area contributed by atoms with E-state index in [1.54, 1.807) is 7.11 Å². The van der Waals surface area contributed by atoms with Crippen molar-refractivity contribution in [2.24, 2.45) is 0 Å². The van der Waals surface area contributed by atoms with E-state index in [1.807, 2.05) is 0 Å². The molecule has 0 aromatic heterocycles. The molecule has 104 valence electrons. The van der Waals surface area contributed by atoms with Crippen LogP contribution in [0.1, 0.15) is 17.5 Å². The minimum Gasteiger partial charge on any atom is -0.497 e. The number of benzene rings is 2. The van der Waals surface area contributed by atoms with Gasteiger partial charge in [-0.3, -0.25) is 0 Å². The van der Waals surface area contributed by atoms with Crippen LogP contribution in [0.5, 0.6) is 5.75 Å². The fraction of sp³-hybridized carbons (Fsp3) is 0.294. The highest BCUT2D eigenvalue weighted by Gasteiger charge is 2.19. The van der Waals surface area contributed by atoms with E-state index >= 15 is 0 Å². The topological polar surface area (TPSA) is 21.3 Å². The van der Waals surface area contributed by atoms with E-state index in [-0.39, 0.29) is 0 Å². The molecular formula is C17H18INO. The highest BCUT2D eigenvalue weighted by molar-refractivity contribution is 14.1. The quantitative estimate of drug-likeness (QED) is 0.805. The minimum absolute atomic E-state index is 0.507. The van der Waals surface area contributed by atoms with Gasteiger partial charge in [-0.05, 0) is 83.3 Å². The number of anilines is 1. The number of methoxy groups -OCH3 is 1. The third-order valence-corrected chi connectivity index (χ3v) is 4.51. The van der Waals surface area contributed by atoms with Crippen LogP contribution in [-0.4, -0.2) is 13.2 Å². The number of halogens is 1. The Morgan fingerprint density at radius 3 is 2.85 bits per heavy atom. The molecule has 0 radical (unpaired) electrons. The molecule has 2 nitrogen and oxygen atoms in total. The molecular weight excluding hydrogens is 361 g/mol. The summed E-state index contributed by atoms with van der Waals surface area (Å²) in [7, 11) is 1.73. The zero-order chi connectivity index (χ0) is 13.9. The van der Waals surface area contributed by atoms with Crippen LogP contribution in [0, 0.1) is 3.57 Å². The van der Waals surface area contributed by atoms with Crippen molar-refractivity contribution in [3.63, 3.8) is 0 Å². The van der Waals surface area contributed by atoms with Gasteiger partial charge >= 0.3 is 0 Å². The van der Waals surface area contributed by atoms with E-state index < -0.39 is 0 Å². The SMILES string of the molecule is COc1ccc2c(c1)CC(Nc1cccc(I)c1)CC2. The number of hydrogen-bond donors (Lipinski definition) is 1. The van der Waals surface area contributed by atoms with Gasteiger partial charge in [0.2, 0.25) is 0 Å². The maximum atomic E-state index is 5.33. The first-order valence-electron chi connectivity index (χ1n) is 6.92. The Bertz CT molecular complexity index is 612. The van der Waals surface area contributed by atoms with Gasteiger partial charge in [-0.2, -0.15) is 0 Å². The summed E-state index contributed by atoms with van der Waals surface area (Å²) in [6.45, 7) is 0. The van der Waals surface area contributed by atoms with Crippen LogP contribution < -0.4 is 10.1 Å².